The lowest BCUT2D eigenvalue weighted by atomic mass is 10.0. The fourth-order valence-electron chi connectivity index (χ4n) is 2.79. The molecule has 0 spiro atoms. The molecule has 0 saturated heterocycles. The molecule has 2 rings (SSSR count). The van der Waals surface area contributed by atoms with Crippen LogP contribution >= 0.6 is 0 Å². The van der Waals surface area contributed by atoms with Crippen LogP contribution < -0.4 is 10.1 Å². The van der Waals surface area contributed by atoms with E-state index in [1.165, 1.54) is 0 Å². The molecule has 0 fully saturated rings. The summed E-state index contributed by atoms with van der Waals surface area (Å²) >= 11 is 0. The van der Waals surface area contributed by atoms with Crippen LogP contribution in [0.3, 0.4) is 0 Å². The number of aryl methyl sites for hydroxylation is 1. The highest BCUT2D eigenvalue weighted by Crippen LogP contribution is 2.18. The van der Waals surface area contributed by atoms with Crippen LogP contribution in [0.1, 0.15) is 43.4 Å². The molecular formula is C22H27NO4. The number of hydrogen-bond donors (Lipinski definition) is 1. The Morgan fingerprint density at radius 2 is 1.74 bits per heavy atom. The van der Waals surface area contributed by atoms with Crippen LogP contribution in [0.25, 0.3) is 0 Å². The number of ether oxygens (including phenoxy) is 2. The van der Waals surface area contributed by atoms with Gasteiger partial charge in [0.05, 0.1) is 13.2 Å². The Bertz CT molecular complexity index is 713. The molecule has 0 unspecified atom stereocenters. The van der Waals surface area contributed by atoms with Crippen molar-refractivity contribution in [2.45, 2.75) is 38.6 Å². The molecule has 0 aromatic heterocycles. The molecule has 0 radical (unpaired) electrons. The van der Waals surface area contributed by atoms with Crippen molar-refractivity contribution in [3.8, 4) is 5.75 Å². The van der Waals surface area contributed by atoms with Gasteiger partial charge in [-0.15, -0.1) is 0 Å². The smallest absolute Gasteiger partial charge is 0.306 e. The summed E-state index contributed by atoms with van der Waals surface area (Å²) in [5.74, 6) is 0.112. The van der Waals surface area contributed by atoms with E-state index in [4.69, 9.17) is 9.47 Å². The van der Waals surface area contributed by atoms with Crippen LogP contribution in [-0.2, 0) is 20.7 Å². The molecule has 1 amide bonds. The van der Waals surface area contributed by atoms with Crippen molar-refractivity contribution in [2.24, 2.45) is 0 Å². The summed E-state index contributed by atoms with van der Waals surface area (Å²) in [6.07, 6.45) is 2.58. The number of methoxy groups -OCH3 is 1. The molecular weight excluding hydrogens is 342 g/mol. The normalized spacial score (nSPS) is 11.5. The molecule has 0 aliphatic rings. The van der Waals surface area contributed by atoms with Crippen LogP contribution in [0.4, 0.5) is 0 Å². The van der Waals surface area contributed by atoms with E-state index < -0.39 is 0 Å². The summed E-state index contributed by atoms with van der Waals surface area (Å²) in [6.45, 7) is 1.82. The monoisotopic (exact) mass is 369 g/mol. The minimum absolute atomic E-state index is 0.0679. The van der Waals surface area contributed by atoms with E-state index in [-0.39, 0.29) is 30.9 Å². The Balaban J connectivity index is 1.75. The van der Waals surface area contributed by atoms with Gasteiger partial charge in [0, 0.05) is 6.42 Å². The summed E-state index contributed by atoms with van der Waals surface area (Å²) in [6, 6.07) is 17.3. The van der Waals surface area contributed by atoms with Gasteiger partial charge >= 0.3 is 5.97 Å². The number of amides is 1. The van der Waals surface area contributed by atoms with Crippen LogP contribution in [0, 0.1) is 0 Å². The largest absolute Gasteiger partial charge is 0.497 e. The van der Waals surface area contributed by atoms with E-state index in [0.29, 0.717) is 6.42 Å². The lowest BCUT2D eigenvalue weighted by Crippen LogP contribution is -2.32. The Kier molecular flexibility index (Phi) is 8.36. The van der Waals surface area contributed by atoms with Gasteiger partial charge < -0.3 is 14.8 Å². The number of hydrogen-bond acceptors (Lipinski definition) is 4. The third-order valence-electron chi connectivity index (χ3n) is 4.26. The Morgan fingerprint density at radius 1 is 1.04 bits per heavy atom. The maximum atomic E-state index is 12.1. The topological polar surface area (TPSA) is 64.6 Å². The number of esters is 1. The van der Waals surface area contributed by atoms with Gasteiger partial charge in [-0.2, -0.15) is 0 Å². The number of carbonyl (C=O) groups excluding carboxylic acids is 2. The molecule has 0 bridgehead atoms. The van der Waals surface area contributed by atoms with Crippen molar-refractivity contribution in [2.75, 3.05) is 13.7 Å². The molecule has 1 N–H and O–H groups in total. The van der Waals surface area contributed by atoms with Crippen molar-refractivity contribution in [1.29, 1.82) is 0 Å². The third-order valence-corrected chi connectivity index (χ3v) is 4.26. The van der Waals surface area contributed by atoms with E-state index in [1.54, 1.807) is 7.11 Å². The highest BCUT2D eigenvalue weighted by molar-refractivity contribution is 5.80. The van der Waals surface area contributed by atoms with Crippen LogP contribution in [0.2, 0.25) is 0 Å². The number of benzene rings is 2. The summed E-state index contributed by atoms with van der Waals surface area (Å²) in [7, 11) is 1.61. The molecule has 1 atom stereocenters. The minimum atomic E-state index is -0.382. The SMILES string of the molecule is CCC[C@H](NC(=O)COC(=O)CCc1ccc(OC)cc1)c1ccccc1. The highest BCUT2D eigenvalue weighted by Gasteiger charge is 2.15. The van der Waals surface area contributed by atoms with Crippen molar-refractivity contribution >= 4 is 11.9 Å². The predicted octanol–water partition coefficient (Wildman–Crippen LogP) is 3.83. The lowest BCUT2D eigenvalue weighted by Gasteiger charge is -2.18. The number of carbonyl (C=O) groups is 2. The van der Waals surface area contributed by atoms with E-state index in [2.05, 4.69) is 12.2 Å². The van der Waals surface area contributed by atoms with Gasteiger partial charge in [-0.25, -0.2) is 0 Å². The molecule has 144 valence electrons. The van der Waals surface area contributed by atoms with E-state index in [1.807, 2.05) is 54.6 Å². The molecule has 2 aromatic rings. The molecule has 0 heterocycles. The summed E-state index contributed by atoms with van der Waals surface area (Å²) in [4.78, 5) is 24.0. The Hall–Kier alpha value is -2.82. The Labute approximate surface area is 160 Å². The second-order valence-electron chi connectivity index (χ2n) is 6.33. The quantitative estimate of drug-likeness (QED) is 0.647. The predicted molar refractivity (Wildman–Crippen MR) is 105 cm³/mol. The van der Waals surface area contributed by atoms with E-state index in [0.717, 1.165) is 29.7 Å². The van der Waals surface area contributed by atoms with Crippen LogP contribution in [-0.4, -0.2) is 25.6 Å². The first kappa shape index (κ1) is 20.5. The molecule has 0 saturated carbocycles. The van der Waals surface area contributed by atoms with Crippen molar-refractivity contribution < 1.29 is 19.1 Å². The maximum Gasteiger partial charge on any atom is 0.306 e. The van der Waals surface area contributed by atoms with Gasteiger partial charge in [-0.05, 0) is 36.1 Å². The highest BCUT2D eigenvalue weighted by atomic mass is 16.5. The first-order chi connectivity index (χ1) is 13.1. The molecule has 5 heteroatoms. The number of rotatable bonds is 10. The standard InChI is InChI=1S/C22H27NO4/c1-3-7-20(18-8-5-4-6-9-18)23-21(24)16-27-22(25)15-12-17-10-13-19(26-2)14-11-17/h4-6,8-11,13-14,20H,3,7,12,15-16H2,1-2H3,(H,23,24)/t20-/m0/s1. The molecule has 2 aromatic carbocycles. The van der Waals surface area contributed by atoms with Gasteiger partial charge in [0.15, 0.2) is 6.61 Å². The zero-order valence-electron chi connectivity index (χ0n) is 15.9. The molecule has 27 heavy (non-hydrogen) atoms. The zero-order valence-corrected chi connectivity index (χ0v) is 15.9. The van der Waals surface area contributed by atoms with E-state index >= 15 is 0 Å². The fraction of sp³-hybridized carbons (Fsp3) is 0.364. The zero-order chi connectivity index (χ0) is 19.5. The fourth-order valence-corrected chi connectivity index (χ4v) is 2.79. The maximum absolute atomic E-state index is 12.1. The lowest BCUT2D eigenvalue weighted by molar-refractivity contribution is -0.148. The van der Waals surface area contributed by atoms with Crippen molar-refractivity contribution in [3.63, 3.8) is 0 Å². The van der Waals surface area contributed by atoms with Gasteiger partial charge in [0.1, 0.15) is 5.75 Å². The molecule has 0 aliphatic carbocycles. The summed E-state index contributed by atoms with van der Waals surface area (Å²) < 4.78 is 10.2. The van der Waals surface area contributed by atoms with E-state index in [9.17, 15) is 9.59 Å². The first-order valence-electron chi connectivity index (χ1n) is 9.25. The minimum Gasteiger partial charge on any atom is -0.497 e. The summed E-state index contributed by atoms with van der Waals surface area (Å²) in [5, 5.41) is 2.95. The van der Waals surface area contributed by atoms with Crippen LogP contribution in [0.15, 0.2) is 54.6 Å². The molecule has 0 aliphatic heterocycles. The second kappa shape index (κ2) is 11.0. The van der Waals surface area contributed by atoms with Gasteiger partial charge in [-0.1, -0.05) is 55.8 Å². The average molecular weight is 369 g/mol. The number of nitrogens with one attached hydrogen (secondary N) is 1. The van der Waals surface area contributed by atoms with Crippen LogP contribution in [0.5, 0.6) is 5.75 Å². The van der Waals surface area contributed by atoms with Gasteiger partial charge in [0.25, 0.3) is 5.91 Å². The third kappa shape index (κ3) is 7.13. The summed E-state index contributed by atoms with van der Waals surface area (Å²) in [5.41, 5.74) is 2.07. The average Bonchev–Trinajstić information content (AvgIpc) is 2.71. The van der Waals surface area contributed by atoms with Gasteiger partial charge in [-0.3, -0.25) is 9.59 Å². The first-order valence-corrected chi connectivity index (χ1v) is 9.25. The van der Waals surface area contributed by atoms with Crippen molar-refractivity contribution in [1.82, 2.24) is 5.32 Å². The van der Waals surface area contributed by atoms with Crippen molar-refractivity contribution in [3.05, 3.63) is 65.7 Å². The Morgan fingerprint density at radius 3 is 2.37 bits per heavy atom. The molecule has 5 nitrogen and oxygen atoms in total. The second-order valence-corrected chi connectivity index (χ2v) is 6.33. The van der Waals surface area contributed by atoms with Gasteiger partial charge in [0.2, 0.25) is 0 Å².